The SMILES string of the molecule is COc1ccc(C(=O)C2CC3COCC(C2)N3C(=O)OC(C)(C)C)cc1OC. The molecule has 2 atom stereocenters. The smallest absolute Gasteiger partial charge is 0.410 e. The zero-order valence-corrected chi connectivity index (χ0v) is 17.2. The van der Waals surface area contributed by atoms with Crippen molar-refractivity contribution in [1.29, 1.82) is 0 Å². The van der Waals surface area contributed by atoms with E-state index < -0.39 is 5.60 Å². The Morgan fingerprint density at radius 1 is 1.04 bits per heavy atom. The number of hydrogen-bond donors (Lipinski definition) is 0. The van der Waals surface area contributed by atoms with Crippen molar-refractivity contribution in [2.45, 2.75) is 51.3 Å². The molecule has 1 aromatic carbocycles. The second-order valence-corrected chi connectivity index (χ2v) is 8.34. The molecule has 0 N–H and O–H groups in total. The highest BCUT2D eigenvalue weighted by Gasteiger charge is 2.45. The Labute approximate surface area is 165 Å². The van der Waals surface area contributed by atoms with E-state index in [9.17, 15) is 9.59 Å². The van der Waals surface area contributed by atoms with Crippen LogP contribution in [0, 0.1) is 5.92 Å². The number of ether oxygens (including phenoxy) is 4. The van der Waals surface area contributed by atoms with E-state index in [0.717, 1.165) is 0 Å². The summed E-state index contributed by atoms with van der Waals surface area (Å²) < 4.78 is 21.8. The molecular formula is C21H29NO6. The lowest BCUT2D eigenvalue weighted by molar-refractivity contribution is -0.0861. The molecule has 7 heteroatoms. The van der Waals surface area contributed by atoms with Gasteiger partial charge in [0.2, 0.25) is 0 Å². The Morgan fingerprint density at radius 2 is 1.64 bits per heavy atom. The average molecular weight is 391 g/mol. The summed E-state index contributed by atoms with van der Waals surface area (Å²) in [5.41, 5.74) is 0.0332. The first kappa shape index (κ1) is 20.5. The summed E-state index contributed by atoms with van der Waals surface area (Å²) >= 11 is 0. The van der Waals surface area contributed by atoms with E-state index in [1.54, 1.807) is 37.3 Å². The Bertz CT molecular complexity index is 727. The molecule has 0 aliphatic carbocycles. The first-order valence-corrected chi connectivity index (χ1v) is 9.58. The monoisotopic (exact) mass is 391 g/mol. The van der Waals surface area contributed by atoms with Crippen molar-refractivity contribution in [3.8, 4) is 11.5 Å². The van der Waals surface area contributed by atoms with Gasteiger partial charge < -0.3 is 18.9 Å². The minimum absolute atomic E-state index is 0.0571. The van der Waals surface area contributed by atoms with Crippen molar-refractivity contribution in [2.24, 2.45) is 5.92 Å². The van der Waals surface area contributed by atoms with Crippen LogP contribution in [0.3, 0.4) is 0 Å². The summed E-state index contributed by atoms with van der Waals surface area (Å²) in [5.74, 6) is 1.00. The number of methoxy groups -OCH3 is 2. The molecule has 0 radical (unpaired) electrons. The van der Waals surface area contributed by atoms with Gasteiger partial charge in [0, 0.05) is 11.5 Å². The van der Waals surface area contributed by atoms with E-state index in [-0.39, 0.29) is 29.9 Å². The van der Waals surface area contributed by atoms with Crippen LogP contribution in [0.5, 0.6) is 11.5 Å². The molecular weight excluding hydrogens is 362 g/mol. The summed E-state index contributed by atoms with van der Waals surface area (Å²) in [7, 11) is 3.11. The summed E-state index contributed by atoms with van der Waals surface area (Å²) in [6.07, 6.45) is 0.786. The fraction of sp³-hybridized carbons (Fsp3) is 0.619. The van der Waals surface area contributed by atoms with E-state index in [1.165, 1.54) is 0 Å². The van der Waals surface area contributed by atoms with Crippen molar-refractivity contribution >= 4 is 11.9 Å². The molecule has 0 saturated carbocycles. The van der Waals surface area contributed by atoms with Crippen LogP contribution < -0.4 is 9.47 Å². The highest BCUT2D eigenvalue weighted by atomic mass is 16.6. The van der Waals surface area contributed by atoms with E-state index in [2.05, 4.69) is 0 Å². The number of piperidine rings is 1. The van der Waals surface area contributed by atoms with Gasteiger partial charge in [-0.25, -0.2) is 4.79 Å². The zero-order chi connectivity index (χ0) is 20.5. The quantitative estimate of drug-likeness (QED) is 0.733. The molecule has 2 fully saturated rings. The highest BCUT2D eigenvalue weighted by molar-refractivity contribution is 5.98. The lowest BCUT2D eigenvalue weighted by Gasteiger charge is -2.47. The van der Waals surface area contributed by atoms with Gasteiger partial charge in [0.25, 0.3) is 0 Å². The summed E-state index contributed by atoms with van der Waals surface area (Å²) in [4.78, 5) is 27.6. The molecule has 2 heterocycles. The third-order valence-corrected chi connectivity index (χ3v) is 5.16. The maximum atomic E-state index is 13.1. The standard InChI is InChI=1S/C21H29NO6/c1-21(2,3)28-20(24)22-15-8-14(9-16(22)12-27-11-15)19(23)13-6-7-17(25-4)18(10-13)26-5/h6-7,10,14-16H,8-9,11-12H2,1-5H3. The van der Waals surface area contributed by atoms with E-state index in [4.69, 9.17) is 18.9 Å². The van der Waals surface area contributed by atoms with Crippen LogP contribution in [0.25, 0.3) is 0 Å². The van der Waals surface area contributed by atoms with Crippen molar-refractivity contribution in [1.82, 2.24) is 4.90 Å². The second kappa shape index (κ2) is 7.99. The normalized spacial score (nSPS) is 24.5. The molecule has 7 nitrogen and oxygen atoms in total. The molecule has 2 unspecified atom stereocenters. The molecule has 154 valence electrons. The van der Waals surface area contributed by atoms with Gasteiger partial charge in [-0.1, -0.05) is 0 Å². The third kappa shape index (κ3) is 4.24. The van der Waals surface area contributed by atoms with Gasteiger partial charge in [0.05, 0.1) is 39.5 Å². The molecule has 28 heavy (non-hydrogen) atoms. The Morgan fingerprint density at radius 3 is 2.18 bits per heavy atom. The van der Waals surface area contributed by atoms with Crippen LogP contribution in [0.2, 0.25) is 0 Å². The van der Waals surface area contributed by atoms with Crippen molar-refractivity contribution < 1.29 is 28.5 Å². The number of amides is 1. The lowest BCUT2D eigenvalue weighted by Crippen LogP contribution is -2.60. The van der Waals surface area contributed by atoms with Gasteiger partial charge in [0.1, 0.15) is 5.60 Å². The molecule has 0 spiro atoms. The van der Waals surface area contributed by atoms with Crippen LogP contribution in [0.15, 0.2) is 18.2 Å². The number of nitrogens with zero attached hydrogens (tertiary/aromatic N) is 1. The largest absolute Gasteiger partial charge is 0.493 e. The molecule has 2 bridgehead atoms. The Hall–Kier alpha value is -2.28. The van der Waals surface area contributed by atoms with Gasteiger partial charge in [0.15, 0.2) is 17.3 Å². The van der Waals surface area contributed by atoms with Crippen molar-refractivity contribution in [3.63, 3.8) is 0 Å². The topological polar surface area (TPSA) is 74.3 Å². The number of fused-ring (bicyclic) bond motifs is 2. The van der Waals surface area contributed by atoms with Crippen LogP contribution in [0.1, 0.15) is 44.0 Å². The van der Waals surface area contributed by atoms with Crippen LogP contribution in [0.4, 0.5) is 4.79 Å². The molecule has 2 saturated heterocycles. The van der Waals surface area contributed by atoms with Gasteiger partial charge in [-0.05, 0) is 51.8 Å². The minimum atomic E-state index is -0.557. The number of Topliss-reactive ketones (excluding diaryl/α,β-unsaturated/α-hetero) is 1. The molecule has 2 aliphatic heterocycles. The van der Waals surface area contributed by atoms with Gasteiger partial charge in [-0.15, -0.1) is 0 Å². The molecule has 1 aromatic rings. The maximum Gasteiger partial charge on any atom is 0.410 e. The Balaban J connectivity index is 1.76. The summed E-state index contributed by atoms with van der Waals surface area (Å²) in [5, 5.41) is 0. The van der Waals surface area contributed by atoms with Crippen LogP contribution in [-0.4, -0.2) is 61.9 Å². The Kier molecular flexibility index (Phi) is 5.84. The third-order valence-electron chi connectivity index (χ3n) is 5.16. The summed E-state index contributed by atoms with van der Waals surface area (Å²) in [6.45, 7) is 6.40. The zero-order valence-electron chi connectivity index (χ0n) is 17.2. The first-order valence-electron chi connectivity index (χ1n) is 9.58. The highest BCUT2D eigenvalue weighted by Crippen LogP contribution is 2.36. The van der Waals surface area contributed by atoms with E-state index >= 15 is 0 Å². The number of carbonyl (C=O) groups excluding carboxylic acids is 2. The van der Waals surface area contributed by atoms with Crippen LogP contribution >= 0.6 is 0 Å². The van der Waals surface area contributed by atoms with Gasteiger partial charge in [-0.2, -0.15) is 0 Å². The second-order valence-electron chi connectivity index (χ2n) is 8.34. The van der Waals surface area contributed by atoms with Crippen molar-refractivity contribution in [2.75, 3.05) is 27.4 Å². The molecule has 3 rings (SSSR count). The summed E-state index contributed by atoms with van der Waals surface area (Å²) in [6, 6.07) is 4.91. The average Bonchev–Trinajstić information content (AvgIpc) is 2.64. The number of hydrogen-bond acceptors (Lipinski definition) is 6. The number of ketones is 1. The first-order chi connectivity index (χ1) is 13.2. The van der Waals surface area contributed by atoms with Gasteiger partial charge >= 0.3 is 6.09 Å². The number of rotatable bonds is 4. The van der Waals surface area contributed by atoms with Crippen molar-refractivity contribution in [3.05, 3.63) is 23.8 Å². The predicted molar refractivity (Wildman–Crippen MR) is 103 cm³/mol. The van der Waals surface area contributed by atoms with Gasteiger partial charge in [-0.3, -0.25) is 9.69 Å². The molecule has 0 aromatic heterocycles. The van der Waals surface area contributed by atoms with E-state index in [1.807, 2.05) is 20.8 Å². The number of benzene rings is 1. The molecule has 1 amide bonds. The fourth-order valence-corrected chi connectivity index (χ4v) is 3.97. The van der Waals surface area contributed by atoms with E-state index in [0.29, 0.717) is 43.1 Å². The maximum absolute atomic E-state index is 13.1. The predicted octanol–water partition coefficient (Wildman–Crippen LogP) is 3.30. The minimum Gasteiger partial charge on any atom is -0.493 e. The fourth-order valence-electron chi connectivity index (χ4n) is 3.97. The lowest BCUT2D eigenvalue weighted by atomic mass is 9.81. The van der Waals surface area contributed by atoms with Crippen LogP contribution in [-0.2, 0) is 9.47 Å². The number of carbonyl (C=O) groups is 2. The molecule has 2 aliphatic rings. The number of morpholine rings is 1.